The molecule has 6 aromatic carbocycles. The molecule has 0 atom stereocenters. The van der Waals surface area contributed by atoms with Crippen molar-refractivity contribution in [2.24, 2.45) is 0 Å². The molecule has 7 aromatic rings. The van der Waals surface area contributed by atoms with E-state index in [0.717, 1.165) is 79.7 Å². The summed E-state index contributed by atoms with van der Waals surface area (Å²) in [4.78, 5) is 5.10. The van der Waals surface area contributed by atoms with Crippen molar-refractivity contribution in [1.29, 1.82) is 0 Å². The number of hydrogen-bond acceptors (Lipinski definition) is 1. The van der Waals surface area contributed by atoms with E-state index in [2.05, 4.69) is 193 Å². The zero-order valence-corrected chi connectivity index (χ0v) is 30.9. The van der Waals surface area contributed by atoms with E-state index in [4.69, 9.17) is 11.6 Å². The van der Waals surface area contributed by atoms with Gasteiger partial charge in [0.25, 0.3) is 0 Å². The number of allylic oxidation sites excluding steroid dienone is 8. The second kappa shape index (κ2) is 16.3. The molecule has 2 nitrogen and oxygen atoms in total. The second-order valence-corrected chi connectivity index (χ2v) is 13.5. The fourth-order valence-electron chi connectivity index (χ4n) is 7.35. The van der Waals surface area contributed by atoms with E-state index in [-0.39, 0.29) is 0 Å². The zero-order chi connectivity index (χ0) is 37.4. The lowest BCUT2D eigenvalue weighted by atomic mass is 9.90. The first-order valence-corrected chi connectivity index (χ1v) is 18.8. The predicted octanol–water partition coefficient (Wildman–Crippen LogP) is 14.2. The van der Waals surface area contributed by atoms with E-state index in [1.165, 1.54) is 16.5 Å². The number of aromatic nitrogens is 2. The lowest BCUT2D eigenvalue weighted by Crippen LogP contribution is -1.97. The molecule has 0 unspecified atom stereocenters. The fourth-order valence-corrected chi connectivity index (χ4v) is 7.35. The summed E-state index contributed by atoms with van der Waals surface area (Å²) in [6.07, 6.45) is 19.0. The molecule has 0 aliphatic heterocycles. The maximum Gasteiger partial charge on any atom is 0.145 e. The van der Waals surface area contributed by atoms with E-state index in [0.29, 0.717) is 0 Å². The van der Waals surface area contributed by atoms with Gasteiger partial charge < -0.3 is 0 Å². The molecular formula is C53H42N2. The van der Waals surface area contributed by atoms with Crippen LogP contribution in [0.25, 0.3) is 67.2 Å². The number of hydrogen-bond donors (Lipinski definition) is 0. The summed E-state index contributed by atoms with van der Waals surface area (Å²) in [6, 6.07) is 55.7. The van der Waals surface area contributed by atoms with Crippen LogP contribution in [0.15, 0.2) is 213 Å². The molecule has 0 amide bonds. The van der Waals surface area contributed by atoms with Gasteiger partial charge in [0, 0.05) is 11.3 Å². The first-order chi connectivity index (χ1) is 27.2. The maximum absolute atomic E-state index is 5.10. The number of fused-ring (bicyclic) bond motifs is 2. The largest absolute Gasteiger partial charge is 0.292 e. The van der Waals surface area contributed by atoms with Gasteiger partial charge in [0.15, 0.2) is 0 Å². The molecule has 55 heavy (non-hydrogen) atoms. The van der Waals surface area contributed by atoms with E-state index in [1.54, 1.807) is 0 Å². The number of rotatable bonds is 7. The Kier molecular flexibility index (Phi) is 10.4. The lowest BCUT2D eigenvalue weighted by Gasteiger charge is -2.14. The quantitative estimate of drug-likeness (QED) is 0.161. The summed E-state index contributed by atoms with van der Waals surface area (Å²) in [5, 5.41) is 2.29. The third kappa shape index (κ3) is 7.44. The summed E-state index contributed by atoms with van der Waals surface area (Å²) in [7, 11) is 0. The molecule has 0 saturated heterocycles. The molecule has 0 N–H and O–H groups in total. The van der Waals surface area contributed by atoms with Crippen molar-refractivity contribution < 1.29 is 0 Å². The van der Waals surface area contributed by atoms with Crippen LogP contribution in [0.4, 0.5) is 0 Å². The highest BCUT2D eigenvalue weighted by Crippen LogP contribution is 2.35. The Hall–Kier alpha value is -7.03. The van der Waals surface area contributed by atoms with Gasteiger partial charge >= 0.3 is 0 Å². The Bertz CT molecular complexity index is 2720. The molecule has 0 radical (unpaired) electrons. The predicted molar refractivity (Wildman–Crippen MR) is 236 cm³/mol. The second-order valence-electron chi connectivity index (χ2n) is 13.5. The maximum atomic E-state index is 5.10. The summed E-state index contributed by atoms with van der Waals surface area (Å²) in [5.74, 6) is 0.913. The van der Waals surface area contributed by atoms with E-state index in [1.807, 2.05) is 24.3 Å². The molecule has 0 fully saturated rings. The van der Waals surface area contributed by atoms with Crippen LogP contribution in [0.3, 0.4) is 0 Å². The average Bonchev–Trinajstić information content (AvgIpc) is 3.64. The third-order valence-electron chi connectivity index (χ3n) is 10.1. The summed E-state index contributed by atoms with van der Waals surface area (Å²) in [5.41, 5.74) is 12.9. The Morgan fingerprint density at radius 3 is 2.09 bits per heavy atom. The van der Waals surface area contributed by atoms with Crippen LogP contribution in [0.2, 0.25) is 0 Å². The van der Waals surface area contributed by atoms with E-state index >= 15 is 0 Å². The minimum Gasteiger partial charge on any atom is -0.292 e. The van der Waals surface area contributed by atoms with Crippen LogP contribution < -0.4 is 0 Å². The van der Waals surface area contributed by atoms with Gasteiger partial charge in [-0.2, -0.15) is 0 Å². The Morgan fingerprint density at radius 1 is 0.564 bits per heavy atom. The molecule has 1 aliphatic carbocycles. The molecule has 0 spiro atoms. The number of imidazole rings is 1. The standard InChI is InChI=1S/C53H42N2/c1-3-40-21-14-15-27-46(40)39(2)47-38-37-41(24-20-30-48(50-29-17-16-28-49(47)50)43-22-10-7-5-4-6-8-11-23-43)42-33-35-44(36-34-42)53-54-51-31-18-19-32-52(51)55(53)45-25-12-9-13-26-45/h3-5,7-21,23-38H,1-2,6,22H2/b5-4-,10-7-,11-8-,24-20?,30-20?,38-37?,41-24?,41-37?,43-23?,47-38?,48-30?,49-47?,50-48?. The van der Waals surface area contributed by atoms with E-state index < -0.39 is 0 Å². The molecule has 1 aromatic heterocycles. The molecule has 2 heteroatoms. The van der Waals surface area contributed by atoms with Gasteiger partial charge in [0.05, 0.1) is 11.0 Å². The Morgan fingerprint density at radius 2 is 1.24 bits per heavy atom. The van der Waals surface area contributed by atoms with Crippen LogP contribution in [-0.2, 0) is 0 Å². The highest BCUT2D eigenvalue weighted by molar-refractivity contribution is 6.02. The SMILES string of the molecule is C=Cc1ccccc1C(=C)c1ccc(-c2ccc(-c3nc4ccccc4n3-c3ccccc3)cc2)cccc(C2=C/C=C\C/C=C\C=C/C2)c2ccccc12. The Balaban J connectivity index is 1.32. The summed E-state index contributed by atoms with van der Waals surface area (Å²) >= 11 is 0. The van der Waals surface area contributed by atoms with Crippen LogP contribution in [-0.4, -0.2) is 9.55 Å². The molecule has 264 valence electrons. The summed E-state index contributed by atoms with van der Waals surface area (Å²) < 4.78 is 2.24. The van der Waals surface area contributed by atoms with Crippen molar-refractivity contribution >= 4 is 39.0 Å². The molecular weight excluding hydrogens is 665 g/mol. The highest BCUT2D eigenvalue weighted by atomic mass is 15.1. The van der Waals surface area contributed by atoms with Gasteiger partial charge in [0.1, 0.15) is 5.82 Å². The van der Waals surface area contributed by atoms with Crippen molar-refractivity contribution in [1.82, 2.24) is 9.55 Å². The smallest absolute Gasteiger partial charge is 0.145 e. The van der Waals surface area contributed by atoms with Gasteiger partial charge in [-0.3, -0.25) is 4.57 Å². The monoisotopic (exact) mass is 706 g/mol. The van der Waals surface area contributed by atoms with Crippen LogP contribution in [0.5, 0.6) is 0 Å². The van der Waals surface area contributed by atoms with Gasteiger partial charge in [-0.1, -0.05) is 195 Å². The van der Waals surface area contributed by atoms with Crippen molar-refractivity contribution in [3.63, 3.8) is 0 Å². The topological polar surface area (TPSA) is 17.8 Å². The average molecular weight is 707 g/mol. The third-order valence-corrected chi connectivity index (χ3v) is 10.1. The van der Waals surface area contributed by atoms with Crippen molar-refractivity contribution in [2.45, 2.75) is 12.8 Å². The van der Waals surface area contributed by atoms with Crippen molar-refractivity contribution in [2.75, 3.05) is 0 Å². The molecule has 0 saturated carbocycles. The first kappa shape index (κ1) is 35.0. The molecule has 0 bridgehead atoms. The van der Waals surface area contributed by atoms with Crippen LogP contribution >= 0.6 is 0 Å². The molecule has 1 aliphatic rings. The number of nitrogens with zero attached hydrogens (tertiary/aromatic N) is 2. The van der Waals surface area contributed by atoms with E-state index in [9.17, 15) is 0 Å². The Labute approximate surface area is 324 Å². The highest BCUT2D eigenvalue weighted by Gasteiger charge is 2.15. The molecule has 1 heterocycles. The molecule has 8 rings (SSSR count). The fraction of sp³-hybridized carbons (Fsp3) is 0.0377. The van der Waals surface area contributed by atoms with Gasteiger partial charge in [-0.05, 0) is 92.4 Å². The van der Waals surface area contributed by atoms with Gasteiger partial charge in [-0.15, -0.1) is 0 Å². The van der Waals surface area contributed by atoms with Crippen LogP contribution in [0.1, 0.15) is 35.1 Å². The van der Waals surface area contributed by atoms with Crippen molar-refractivity contribution in [3.05, 3.63) is 236 Å². The van der Waals surface area contributed by atoms with Crippen molar-refractivity contribution in [3.8, 4) is 28.2 Å². The normalized spacial score (nSPS) is 14.4. The lowest BCUT2D eigenvalue weighted by molar-refractivity contribution is 1.10. The van der Waals surface area contributed by atoms with Gasteiger partial charge in [-0.25, -0.2) is 4.98 Å². The summed E-state index contributed by atoms with van der Waals surface area (Å²) in [6.45, 7) is 8.85. The number of benzene rings is 5. The minimum atomic E-state index is 0.805. The number of para-hydroxylation sites is 3. The van der Waals surface area contributed by atoms with Crippen LogP contribution in [0, 0.1) is 0 Å². The minimum absolute atomic E-state index is 0.805. The van der Waals surface area contributed by atoms with Gasteiger partial charge in [0.2, 0.25) is 0 Å². The first-order valence-electron chi connectivity index (χ1n) is 18.8. The zero-order valence-electron chi connectivity index (χ0n) is 30.9.